The number of nitrogens with zero attached hydrogens (tertiary/aromatic N) is 3. The van der Waals surface area contributed by atoms with E-state index in [9.17, 15) is 19.5 Å². The summed E-state index contributed by atoms with van der Waals surface area (Å²) in [5.74, 6) is -4.40. The second-order valence-electron chi connectivity index (χ2n) is 16.5. The Hall–Kier alpha value is -3.95. The molecule has 0 aliphatic carbocycles. The molecule has 1 aromatic heterocycles. The van der Waals surface area contributed by atoms with Crippen molar-refractivity contribution in [2.45, 2.75) is 129 Å². The van der Waals surface area contributed by atoms with Gasteiger partial charge >= 0.3 is 12.1 Å². The molecule has 314 valence electrons. The molecule has 3 aliphatic rings. The van der Waals surface area contributed by atoms with Crippen LogP contribution in [0.15, 0.2) is 47.8 Å². The van der Waals surface area contributed by atoms with Crippen LogP contribution in [0.1, 0.15) is 80.2 Å². The van der Waals surface area contributed by atoms with Crippen molar-refractivity contribution in [3.05, 3.63) is 48.2 Å². The van der Waals surface area contributed by atoms with Gasteiger partial charge in [0.25, 0.3) is 0 Å². The number of carbonyl (C=O) groups is 3. The summed E-state index contributed by atoms with van der Waals surface area (Å²) in [5, 5.41) is 17.2. The average Bonchev–Trinajstić information content (AvgIpc) is 3.50. The molecule has 3 aliphatic heterocycles. The molecule has 0 spiro atoms. The predicted octanol–water partition coefficient (Wildman–Crippen LogP) is 5.97. The van der Waals surface area contributed by atoms with Crippen LogP contribution in [0.3, 0.4) is 0 Å². The molecule has 1 N–H and O–H groups in total. The molecule has 0 radical (unpaired) electrons. The summed E-state index contributed by atoms with van der Waals surface area (Å²) in [5.41, 5.74) is -0.247. The van der Waals surface area contributed by atoms with Gasteiger partial charge in [0.2, 0.25) is 0 Å². The quantitative estimate of drug-likeness (QED) is 0.137. The van der Waals surface area contributed by atoms with Crippen molar-refractivity contribution in [3.8, 4) is 0 Å². The fourth-order valence-electron chi connectivity index (χ4n) is 8.77. The fourth-order valence-corrected chi connectivity index (χ4v) is 8.77. The van der Waals surface area contributed by atoms with Crippen LogP contribution < -0.4 is 0 Å². The summed E-state index contributed by atoms with van der Waals surface area (Å²) in [6.07, 6.45) is 0.407. The smallest absolute Gasteiger partial charge is 0.457 e. The molecule has 5 rings (SSSR count). The third-order valence-corrected chi connectivity index (χ3v) is 12.1. The van der Waals surface area contributed by atoms with Crippen molar-refractivity contribution in [3.63, 3.8) is 0 Å². The van der Waals surface area contributed by atoms with E-state index in [1.807, 2.05) is 89.2 Å². The minimum atomic E-state index is -1.42. The van der Waals surface area contributed by atoms with Gasteiger partial charge in [-0.25, -0.2) is 4.79 Å². The van der Waals surface area contributed by atoms with Gasteiger partial charge in [0.1, 0.15) is 24.7 Å². The molecule has 0 saturated carbocycles. The molecule has 14 heteroatoms. The van der Waals surface area contributed by atoms with Gasteiger partial charge in [-0.05, 0) is 90.9 Å². The van der Waals surface area contributed by atoms with Crippen LogP contribution in [0.2, 0.25) is 0 Å². The second kappa shape index (κ2) is 18.3. The van der Waals surface area contributed by atoms with Crippen molar-refractivity contribution >= 4 is 40.6 Å². The lowest BCUT2D eigenvalue weighted by molar-refractivity contribution is -0.295. The first-order valence-corrected chi connectivity index (χ1v) is 20.0. The number of Topliss-reactive ketones (excluding diaryl/α,β-unsaturated/α-hetero) is 1. The number of hydrogen-bond acceptors (Lipinski definition) is 14. The van der Waals surface area contributed by atoms with Crippen molar-refractivity contribution in [1.29, 1.82) is 0 Å². The number of ketones is 1. The maximum atomic E-state index is 14.3. The maximum Gasteiger partial charge on any atom is 0.509 e. The number of likely N-dealkylation sites (N-methyl/N-ethyl adjacent to an activating group) is 1. The number of rotatable bonds is 9. The van der Waals surface area contributed by atoms with E-state index in [0.29, 0.717) is 12.1 Å². The van der Waals surface area contributed by atoms with Gasteiger partial charge in [-0.2, -0.15) is 0 Å². The van der Waals surface area contributed by atoms with Gasteiger partial charge in [0, 0.05) is 42.5 Å². The van der Waals surface area contributed by atoms with Crippen LogP contribution in [-0.4, -0.2) is 120 Å². The second-order valence-corrected chi connectivity index (χ2v) is 16.5. The zero-order valence-electron chi connectivity index (χ0n) is 35.2. The van der Waals surface area contributed by atoms with E-state index < -0.39 is 83.5 Å². The zero-order chi connectivity index (χ0) is 41.8. The van der Waals surface area contributed by atoms with E-state index in [1.54, 1.807) is 27.0 Å². The lowest BCUT2D eigenvalue weighted by atomic mass is 9.74. The highest BCUT2D eigenvalue weighted by atomic mass is 16.8. The van der Waals surface area contributed by atoms with E-state index in [2.05, 4.69) is 10.1 Å². The number of esters is 1. The number of oxime groups is 1. The average molecular weight is 796 g/mol. The Bertz CT molecular complexity index is 1800. The Morgan fingerprint density at radius 2 is 1.79 bits per heavy atom. The van der Waals surface area contributed by atoms with E-state index in [4.69, 9.17) is 33.3 Å². The molecule has 3 saturated heterocycles. The molecule has 4 heterocycles. The number of aliphatic hydroxyl groups excluding tert-OH is 1. The standard InChI is InChI=1S/C43H61N3O11/c1-12-33-43(8)38(56-41(50)57-43)26(4)34(45-52-20-14-15-29-17-18-31-30(22-29)16-13-19-44-31)24(2)23-42(7,51-11)37(27(5)35(47)28(6)39(49)54-33)55-40-36(48)32(46(9)10)21-25(3)53-40/h13-19,22,24-28,32-33,36-38,40,48H,12,20-21,23H2,1-11H3/b15-14+,45-34+/t24-,25-,26+,27+,28-,32+,33-,36-,37-,38+,40-,42-,43-/m1/s1. The summed E-state index contributed by atoms with van der Waals surface area (Å²) in [6, 6.07) is 9.59. The molecule has 0 amide bonds. The molecule has 3 fully saturated rings. The maximum absolute atomic E-state index is 14.3. The monoisotopic (exact) mass is 795 g/mol. The number of methoxy groups -OCH3 is 1. The summed E-state index contributed by atoms with van der Waals surface area (Å²) in [6.45, 7) is 14.3. The number of benzene rings is 1. The number of hydrogen-bond donors (Lipinski definition) is 1. The van der Waals surface area contributed by atoms with Gasteiger partial charge in [0.15, 0.2) is 23.8 Å². The number of cyclic esters (lactones) is 1. The lowest BCUT2D eigenvalue weighted by Gasteiger charge is -2.47. The highest BCUT2D eigenvalue weighted by molar-refractivity contribution is 6.00. The van der Waals surface area contributed by atoms with Crippen LogP contribution in [0, 0.1) is 23.7 Å². The van der Waals surface area contributed by atoms with Crippen LogP contribution in [0.4, 0.5) is 4.79 Å². The first-order chi connectivity index (χ1) is 26.9. The predicted molar refractivity (Wildman–Crippen MR) is 213 cm³/mol. The number of aromatic nitrogens is 1. The van der Waals surface area contributed by atoms with Crippen molar-refractivity contribution in [1.82, 2.24) is 9.88 Å². The van der Waals surface area contributed by atoms with Gasteiger partial charge in [0.05, 0.1) is 29.0 Å². The molecular weight excluding hydrogens is 734 g/mol. The van der Waals surface area contributed by atoms with E-state index in [1.165, 1.54) is 14.0 Å². The Balaban J connectivity index is 1.53. The molecule has 2 aromatic rings. The van der Waals surface area contributed by atoms with Crippen LogP contribution in [0.5, 0.6) is 0 Å². The molecule has 57 heavy (non-hydrogen) atoms. The van der Waals surface area contributed by atoms with Crippen molar-refractivity contribution in [2.24, 2.45) is 28.8 Å². The molecule has 1 aromatic carbocycles. The van der Waals surface area contributed by atoms with Crippen LogP contribution >= 0.6 is 0 Å². The molecule has 0 unspecified atom stereocenters. The Morgan fingerprint density at radius 3 is 2.47 bits per heavy atom. The first kappa shape index (κ1) is 44.2. The molecular formula is C43H61N3O11. The normalized spacial score (nSPS) is 37.8. The zero-order valence-corrected chi connectivity index (χ0v) is 35.2. The summed E-state index contributed by atoms with van der Waals surface area (Å²) in [4.78, 5) is 53.3. The largest absolute Gasteiger partial charge is 0.509 e. The third-order valence-electron chi connectivity index (χ3n) is 12.1. The highest BCUT2D eigenvalue weighted by Gasteiger charge is 2.58. The Morgan fingerprint density at radius 1 is 1.05 bits per heavy atom. The van der Waals surface area contributed by atoms with Gasteiger partial charge < -0.3 is 43.3 Å². The number of pyridine rings is 1. The number of carbonyl (C=O) groups excluding carboxylic acids is 3. The SMILES string of the molecule is CC[C@H]1OC(=O)[C@H](C)C(=O)[C@H](C)[C@@H](O[C@H]2O[C@H](C)C[C@H](N(C)C)[C@H]2O)[C@](C)(OC)C[C@@H](C)/C(=N\OC/C=C/c2ccc3ncccc3c2)[C@H](C)[C@@H]2OC(=O)O[C@]12C. The van der Waals surface area contributed by atoms with Gasteiger partial charge in [-0.1, -0.05) is 51.1 Å². The summed E-state index contributed by atoms with van der Waals surface area (Å²) < 4.78 is 36.8. The third kappa shape index (κ3) is 9.52. The Kier molecular flexibility index (Phi) is 14.2. The van der Waals surface area contributed by atoms with Gasteiger partial charge in [-0.15, -0.1) is 0 Å². The minimum absolute atomic E-state index is 0.125. The molecule has 0 bridgehead atoms. The summed E-state index contributed by atoms with van der Waals surface area (Å²) >= 11 is 0. The van der Waals surface area contributed by atoms with Gasteiger partial charge in [-0.3, -0.25) is 14.6 Å². The van der Waals surface area contributed by atoms with Crippen LogP contribution in [0.25, 0.3) is 17.0 Å². The van der Waals surface area contributed by atoms with Crippen molar-refractivity contribution < 1.29 is 52.7 Å². The first-order valence-electron chi connectivity index (χ1n) is 20.0. The van der Waals surface area contributed by atoms with E-state index in [0.717, 1.165) is 16.5 Å². The molecule has 13 atom stereocenters. The Labute approximate surface area is 336 Å². The van der Waals surface area contributed by atoms with E-state index >= 15 is 0 Å². The van der Waals surface area contributed by atoms with E-state index in [-0.39, 0.29) is 31.6 Å². The summed E-state index contributed by atoms with van der Waals surface area (Å²) in [7, 11) is 5.30. The van der Waals surface area contributed by atoms with Crippen LogP contribution in [-0.2, 0) is 42.8 Å². The number of aliphatic hydroxyl groups is 1. The topological polar surface area (TPSA) is 165 Å². The number of fused-ring (bicyclic) bond motifs is 2. The van der Waals surface area contributed by atoms with Crippen molar-refractivity contribution in [2.75, 3.05) is 27.8 Å². The highest BCUT2D eigenvalue weighted by Crippen LogP contribution is 2.42. The minimum Gasteiger partial charge on any atom is -0.457 e. The number of ether oxygens (including phenoxy) is 6. The lowest BCUT2D eigenvalue weighted by Crippen LogP contribution is -2.59. The fraction of sp³-hybridized carbons (Fsp3) is 0.651. The molecule has 14 nitrogen and oxygen atoms in total.